The summed E-state index contributed by atoms with van der Waals surface area (Å²) in [5, 5.41) is 12.4. The predicted octanol–water partition coefficient (Wildman–Crippen LogP) is 1.84. The first kappa shape index (κ1) is 14.8. The highest BCUT2D eigenvalue weighted by atomic mass is 19.1. The van der Waals surface area contributed by atoms with Gasteiger partial charge in [-0.3, -0.25) is 4.79 Å². The molecule has 1 aromatic rings. The van der Waals surface area contributed by atoms with Crippen molar-refractivity contribution in [2.45, 2.75) is 25.9 Å². The van der Waals surface area contributed by atoms with Crippen molar-refractivity contribution >= 4 is 11.6 Å². The third-order valence-electron chi connectivity index (χ3n) is 3.90. The van der Waals surface area contributed by atoms with Crippen molar-refractivity contribution in [2.24, 2.45) is 5.92 Å². The quantitative estimate of drug-likeness (QED) is 0.888. The van der Waals surface area contributed by atoms with E-state index in [1.807, 2.05) is 4.90 Å². The van der Waals surface area contributed by atoms with Crippen LogP contribution in [0.3, 0.4) is 0 Å². The molecule has 1 atom stereocenters. The number of hydrogen-bond donors (Lipinski definition) is 2. The van der Waals surface area contributed by atoms with Crippen molar-refractivity contribution in [3.05, 3.63) is 29.6 Å². The van der Waals surface area contributed by atoms with Gasteiger partial charge in [0.1, 0.15) is 5.82 Å². The fourth-order valence-electron chi connectivity index (χ4n) is 2.77. The molecule has 0 radical (unpaired) electrons. The van der Waals surface area contributed by atoms with Gasteiger partial charge in [-0.05, 0) is 25.8 Å². The Morgan fingerprint density at radius 3 is 2.65 bits per heavy atom. The van der Waals surface area contributed by atoms with Gasteiger partial charge >= 0.3 is 0 Å². The average molecular weight is 280 g/mol. The Morgan fingerprint density at radius 2 is 2.10 bits per heavy atom. The van der Waals surface area contributed by atoms with E-state index in [2.05, 4.69) is 5.32 Å². The van der Waals surface area contributed by atoms with Crippen molar-refractivity contribution < 1.29 is 14.3 Å². The fourth-order valence-corrected chi connectivity index (χ4v) is 2.77. The van der Waals surface area contributed by atoms with E-state index >= 15 is 0 Å². The number of hydrogen-bond acceptors (Lipinski definition) is 3. The molecule has 0 bridgehead atoms. The van der Waals surface area contributed by atoms with Gasteiger partial charge in [0, 0.05) is 31.6 Å². The number of nitrogens with zero attached hydrogens (tertiary/aromatic N) is 1. The molecule has 0 aliphatic carbocycles. The SMILES string of the molecule is CNC(=O)C1CCN(c2c(F)cccc2[C@H](C)O)CC1. The first-order valence-electron chi connectivity index (χ1n) is 6.97. The summed E-state index contributed by atoms with van der Waals surface area (Å²) in [6.07, 6.45) is 0.693. The molecule has 2 rings (SSSR count). The molecule has 1 heterocycles. The Hall–Kier alpha value is -1.62. The number of aliphatic hydroxyl groups is 1. The standard InChI is InChI=1S/C15H21FN2O2/c1-10(19)12-4-3-5-13(16)14(12)18-8-6-11(7-9-18)15(20)17-2/h3-5,10-11,19H,6-9H2,1-2H3,(H,17,20)/t10-/m0/s1. The lowest BCUT2D eigenvalue weighted by Crippen LogP contribution is -2.40. The van der Waals surface area contributed by atoms with Gasteiger partial charge in [0.25, 0.3) is 0 Å². The van der Waals surface area contributed by atoms with E-state index in [1.54, 1.807) is 26.1 Å². The lowest BCUT2D eigenvalue weighted by molar-refractivity contribution is -0.125. The predicted molar refractivity (Wildman–Crippen MR) is 76.0 cm³/mol. The summed E-state index contributed by atoms with van der Waals surface area (Å²) in [7, 11) is 1.64. The number of carbonyl (C=O) groups is 1. The molecule has 2 N–H and O–H groups in total. The number of rotatable bonds is 3. The molecule has 0 saturated carbocycles. The van der Waals surface area contributed by atoms with Gasteiger partial charge in [-0.1, -0.05) is 12.1 Å². The topological polar surface area (TPSA) is 52.6 Å². The zero-order valence-corrected chi connectivity index (χ0v) is 11.9. The lowest BCUT2D eigenvalue weighted by atomic mass is 9.94. The molecule has 4 nitrogen and oxygen atoms in total. The lowest BCUT2D eigenvalue weighted by Gasteiger charge is -2.34. The molecule has 1 saturated heterocycles. The van der Waals surface area contributed by atoms with Gasteiger partial charge in [0.15, 0.2) is 0 Å². The Kier molecular flexibility index (Phi) is 4.60. The van der Waals surface area contributed by atoms with Crippen LogP contribution in [0.5, 0.6) is 0 Å². The summed E-state index contributed by atoms with van der Waals surface area (Å²) in [5.74, 6) is -0.270. The Balaban J connectivity index is 2.17. The normalized spacial score (nSPS) is 17.9. The van der Waals surface area contributed by atoms with Crippen LogP contribution >= 0.6 is 0 Å². The number of anilines is 1. The first-order chi connectivity index (χ1) is 9.54. The van der Waals surface area contributed by atoms with Crippen LogP contribution in [-0.2, 0) is 4.79 Å². The van der Waals surface area contributed by atoms with Crippen LogP contribution in [0.25, 0.3) is 0 Å². The summed E-state index contributed by atoms with van der Waals surface area (Å²) in [6, 6.07) is 4.76. The number of amides is 1. The van der Waals surface area contributed by atoms with E-state index in [4.69, 9.17) is 0 Å². The molecular formula is C15H21FN2O2. The molecule has 1 amide bonds. The number of piperidine rings is 1. The number of para-hydroxylation sites is 1. The Morgan fingerprint density at radius 1 is 1.45 bits per heavy atom. The number of halogens is 1. The van der Waals surface area contributed by atoms with Gasteiger partial charge in [-0.25, -0.2) is 4.39 Å². The van der Waals surface area contributed by atoms with E-state index in [9.17, 15) is 14.3 Å². The second kappa shape index (κ2) is 6.22. The molecular weight excluding hydrogens is 259 g/mol. The van der Waals surface area contributed by atoms with Crippen LogP contribution in [0.4, 0.5) is 10.1 Å². The highest BCUT2D eigenvalue weighted by Gasteiger charge is 2.27. The summed E-state index contributed by atoms with van der Waals surface area (Å²) >= 11 is 0. The number of nitrogens with one attached hydrogen (secondary N) is 1. The maximum absolute atomic E-state index is 14.1. The van der Waals surface area contributed by atoms with E-state index < -0.39 is 6.10 Å². The second-order valence-electron chi connectivity index (χ2n) is 5.23. The largest absolute Gasteiger partial charge is 0.389 e. The van der Waals surface area contributed by atoms with E-state index in [-0.39, 0.29) is 17.6 Å². The summed E-state index contributed by atoms with van der Waals surface area (Å²) in [5.41, 5.74) is 1.07. The van der Waals surface area contributed by atoms with E-state index in [1.165, 1.54) is 6.07 Å². The fraction of sp³-hybridized carbons (Fsp3) is 0.533. The monoisotopic (exact) mass is 280 g/mol. The average Bonchev–Trinajstić information content (AvgIpc) is 2.46. The maximum Gasteiger partial charge on any atom is 0.222 e. The summed E-state index contributed by atoms with van der Waals surface area (Å²) in [6.45, 7) is 2.88. The van der Waals surface area contributed by atoms with E-state index in [0.29, 0.717) is 37.2 Å². The molecule has 5 heteroatoms. The van der Waals surface area contributed by atoms with Gasteiger partial charge in [-0.2, -0.15) is 0 Å². The number of carbonyl (C=O) groups excluding carboxylic acids is 1. The van der Waals surface area contributed by atoms with Gasteiger partial charge in [0.05, 0.1) is 11.8 Å². The van der Waals surface area contributed by atoms with Crippen molar-refractivity contribution in [2.75, 3.05) is 25.0 Å². The van der Waals surface area contributed by atoms with Crippen molar-refractivity contribution in [3.63, 3.8) is 0 Å². The molecule has 0 unspecified atom stereocenters. The first-order valence-corrected chi connectivity index (χ1v) is 6.97. The van der Waals surface area contributed by atoms with Gasteiger partial charge in [-0.15, -0.1) is 0 Å². The van der Waals surface area contributed by atoms with Gasteiger partial charge < -0.3 is 15.3 Å². The van der Waals surface area contributed by atoms with Crippen LogP contribution in [0, 0.1) is 11.7 Å². The molecule has 0 spiro atoms. The van der Waals surface area contributed by atoms with Crippen LogP contribution in [0.2, 0.25) is 0 Å². The molecule has 20 heavy (non-hydrogen) atoms. The minimum Gasteiger partial charge on any atom is -0.389 e. The maximum atomic E-state index is 14.1. The van der Waals surface area contributed by atoms with Gasteiger partial charge in [0.2, 0.25) is 5.91 Å². The molecule has 1 aliphatic rings. The van der Waals surface area contributed by atoms with Crippen molar-refractivity contribution in [1.29, 1.82) is 0 Å². The van der Waals surface area contributed by atoms with Crippen LogP contribution in [-0.4, -0.2) is 31.2 Å². The molecule has 1 aromatic carbocycles. The van der Waals surface area contributed by atoms with Crippen molar-refractivity contribution in [3.8, 4) is 0 Å². The smallest absolute Gasteiger partial charge is 0.222 e. The Bertz CT molecular complexity index is 483. The summed E-state index contributed by atoms with van der Waals surface area (Å²) < 4.78 is 14.1. The van der Waals surface area contributed by atoms with Crippen LogP contribution < -0.4 is 10.2 Å². The molecule has 1 fully saturated rings. The Labute approximate surface area is 118 Å². The number of benzene rings is 1. The number of aliphatic hydroxyl groups excluding tert-OH is 1. The molecule has 110 valence electrons. The minimum absolute atomic E-state index is 0.00183. The van der Waals surface area contributed by atoms with Crippen molar-refractivity contribution in [1.82, 2.24) is 5.32 Å². The summed E-state index contributed by atoms with van der Waals surface area (Å²) in [4.78, 5) is 13.5. The highest BCUT2D eigenvalue weighted by molar-refractivity contribution is 5.78. The zero-order chi connectivity index (χ0) is 14.7. The second-order valence-corrected chi connectivity index (χ2v) is 5.23. The highest BCUT2D eigenvalue weighted by Crippen LogP contribution is 2.32. The molecule has 1 aliphatic heterocycles. The third kappa shape index (κ3) is 2.93. The molecule has 0 aromatic heterocycles. The minimum atomic E-state index is -0.711. The van der Waals surface area contributed by atoms with Crippen LogP contribution in [0.15, 0.2) is 18.2 Å². The third-order valence-corrected chi connectivity index (χ3v) is 3.90. The van der Waals surface area contributed by atoms with E-state index in [0.717, 1.165) is 0 Å². The van der Waals surface area contributed by atoms with Crippen LogP contribution in [0.1, 0.15) is 31.4 Å². The zero-order valence-electron chi connectivity index (χ0n) is 11.9.